The number of nitrogens with one attached hydrogen (secondary N) is 1. The van der Waals surface area contributed by atoms with Gasteiger partial charge in [-0.25, -0.2) is 4.68 Å². The maximum Gasteiger partial charge on any atom is 0.269 e. The van der Waals surface area contributed by atoms with E-state index in [-0.39, 0.29) is 5.91 Å². The Hall–Kier alpha value is -2.89. The first-order chi connectivity index (χ1) is 11.5. The van der Waals surface area contributed by atoms with Gasteiger partial charge in [0.05, 0.1) is 17.1 Å². The largest absolute Gasteiger partial charge is 0.347 e. The van der Waals surface area contributed by atoms with E-state index >= 15 is 0 Å². The van der Waals surface area contributed by atoms with Crippen molar-refractivity contribution in [3.05, 3.63) is 64.7 Å². The molecule has 0 aliphatic rings. The van der Waals surface area contributed by atoms with Gasteiger partial charge < -0.3 is 5.32 Å². The number of hydrogen-bond donors (Lipinski definition) is 1. The molecule has 0 aliphatic heterocycles. The summed E-state index contributed by atoms with van der Waals surface area (Å²) in [6.07, 6.45) is 0. The summed E-state index contributed by atoms with van der Waals surface area (Å²) in [6, 6.07) is 11.8. The first-order valence-corrected chi connectivity index (χ1v) is 7.86. The van der Waals surface area contributed by atoms with Gasteiger partial charge >= 0.3 is 0 Å². The number of amides is 1. The normalized spacial score (nSPS) is 10.8. The van der Waals surface area contributed by atoms with E-state index in [0.29, 0.717) is 12.2 Å². The molecule has 0 bridgehead atoms. The van der Waals surface area contributed by atoms with Crippen LogP contribution in [0.5, 0.6) is 0 Å². The van der Waals surface area contributed by atoms with Crippen LogP contribution in [-0.2, 0) is 13.6 Å². The van der Waals surface area contributed by atoms with E-state index in [9.17, 15) is 4.79 Å². The van der Waals surface area contributed by atoms with E-state index in [1.165, 1.54) is 0 Å². The van der Waals surface area contributed by atoms with Gasteiger partial charge in [-0.15, -0.1) is 0 Å². The van der Waals surface area contributed by atoms with E-state index in [0.717, 1.165) is 28.3 Å². The number of benzene rings is 1. The third-order valence-corrected chi connectivity index (χ3v) is 3.90. The Kier molecular flexibility index (Phi) is 4.20. The molecule has 24 heavy (non-hydrogen) atoms. The SMILES string of the molecule is Cc1cc(C(=O)NCc2ccccc2-n2nc(C)cc2C)n(C)n1. The molecule has 0 fully saturated rings. The zero-order valence-electron chi connectivity index (χ0n) is 14.4. The second kappa shape index (κ2) is 6.31. The first kappa shape index (κ1) is 16.0. The highest BCUT2D eigenvalue weighted by Gasteiger charge is 2.13. The first-order valence-electron chi connectivity index (χ1n) is 7.86. The maximum absolute atomic E-state index is 12.4. The summed E-state index contributed by atoms with van der Waals surface area (Å²) in [4.78, 5) is 12.4. The number of rotatable bonds is 4. The lowest BCUT2D eigenvalue weighted by Crippen LogP contribution is -2.25. The van der Waals surface area contributed by atoms with Crippen LogP contribution in [-0.4, -0.2) is 25.5 Å². The molecule has 1 aromatic carbocycles. The predicted octanol–water partition coefficient (Wildman–Crippen LogP) is 2.46. The molecular formula is C18H21N5O. The Morgan fingerprint density at radius 1 is 1.08 bits per heavy atom. The van der Waals surface area contributed by atoms with Crippen molar-refractivity contribution in [1.82, 2.24) is 24.9 Å². The van der Waals surface area contributed by atoms with Crippen LogP contribution in [0.15, 0.2) is 36.4 Å². The van der Waals surface area contributed by atoms with E-state index in [1.807, 2.05) is 55.8 Å². The van der Waals surface area contributed by atoms with Gasteiger partial charge in [0.25, 0.3) is 5.91 Å². The molecule has 0 unspecified atom stereocenters. The minimum atomic E-state index is -0.138. The Morgan fingerprint density at radius 3 is 2.42 bits per heavy atom. The zero-order chi connectivity index (χ0) is 17.3. The maximum atomic E-state index is 12.4. The minimum Gasteiger partial charge on any atom is -0.347 e. The van der Waals surface area contributed by atoms with Crippen molar-refractivity contribution in [1.29, 1.82) is 0 Å². The van der Waals surface area contributed by atoms with E-state index in [2.05, 4.69) is 15.5 Å². The summed E-state index contributed by atoms with van der Waals surface area (Å²) in [5.74, 6) is -0.138. The second-order valence-electron chi connectivity index (χ2n) is 5.94. The molecule has 124 valence electrons. The molecule has 0 aliphatic carbocycles. The topological polar surface area (TPSA) is 64.7 Å². The van der Waals surface area contributed by atoms with E-state index in [4.69, 9.17) is 0 Å². The Labute approximate surface area is 141 Å². The minimum absolute atomic E-state index is 0.138. The molecule has 3 rings (SSSR count). The average molecular weight is 323 g/mol. The fourth-order valence-electron chi connectivity index (χ4n) is 2.83. The quantitative estimate of drug-likeness (QED) is 0.802. The summed E-state index contributed by atoms with van der Waals surface area (Å²) in [5, 5.41) is 11.7. The molecular weight excluding hydrogens is 302 g/mol. The lowest BCUT2D eigenvalue weighted by molar-refractivity contribution is 0.0941. The Bertz CT molecular complexity index is 891. The van der Waals surface area contributed by atoms with Crippen LogP contribution in [0.2, 0.25) is 0 Å². The highest BCUT2D eigenvalue weighted by molar-refractivity contribution is 5.92. The third-order valence-electron chi connectivity index (χ3n) is 3.90. The lowest BCUT2D eigenvalue weighted by Gasteiger charge is -2.12. The molecule has 0 saturated carbocycles. The van der Waals surface area contributed by atoms with Crippen molar-refractivity contribution in [2.45, 2.75) is 27.3 Å². The number of carbonyl (C=O) groups is 1. The Balaban J connectivity index is 1.83. The van der Waals surface area contributed by atoms with Crippen LogP contribution < -0.4 is 5.32 Å². The molecule has 3 aromatic rings. The summed E-state index contributed by atoms with van der Waals surface area (Å²) in [5.41, 5.74) is 5.40. The number of nitrogens with zero attached hydrogens (tertiary/aromatic N) is 4. The highest BCUT2D eigenvalue weighted by Crippen LogP contribution is 2.17. The van der Waals surface area contributed by atoms with Gasteiger partial charge in [0.1, 0.15) is 5.69 Å². The molecule has 0 atom stereocenters. The lowest BCUT2D eigenvalue weighted by atomic mass is 10.1. The molecule has 6 heteroatoms. The van der Waals surface area contributed by atoms with Gasteiger partial charge in [-0.1, -0.05) is 18.2 Å². The summed E-state index contributed by atoms with van der Waals surface area (Å²) in [6.45, 7) is 6.29. The smallest absolute Gasteiger partial charge is 0.269 e. The molecule has 0 saturated heterocycles. The van der Waals surface area contributed by atoms with Gasteiger partial charge in [0.2, 0.25) is 0 Å². The fraction of sp³-hybridized carbons (Fsp3) is 0.278. The van der Waals surface area contributed by atoms with Crippen molar-refractivity contribution in [3.63, 3.8) is 0 Å². The van der Waals surface area contributed by atoms with Crippen LogP contribution in [0.1, 0.15) is 33.1 Å². The monoisotopic (exact) mass is 323 g/mol. The van der Waals surface area contributed by atoms with Crippen molar-refractivity contribution in [3.8, 4) is 5.69 Å². The van der Waals surface area contributed by atoms with Crippen LogP contribution in [0.3, 0.4) is 0 Å². The summed E-state index contributed by atoms with van der Waals surface area (Å²) >= 11 is 0. The van der Waals surface area contributed by atoms with Crippen LogP contribution >= 0.6 is 0 Å². The molecule has 1 N–H and O–H groups in total. The molecule has 0 radical (unpaired) electrons. The van der Waals surface area contributed by atoms with Crippen molar-refractivity contribution in [2.75, 3.05) is 0 Å². The summed E-state index contributed by atoms with van der Waals surface area (Å²) in [7, 11) is 1.77. The standard InChI is InChI=1S/C18H21N5O/c1-12-9-14(3)23(21-12)16-8-6-5-7-15(16)11-19-18(24)17-10-13(2)20-22(17)4/h5-10H,11H2,1-4H3,(H,19,24). The van der Waals surface area contributed by atoms with Gasteiger partial charge in [-0.05, 0) is 44.5 Å². The predicted molar refractivity (Wildman–Crippen MR) is 92.2 cm³/mol. The molecule has 2 heterocycles. The fourth-order valence-corrected chi connectivity index (χ4v) is 2.83. The van der Waals surface area contributed by atoms with E-state index in [1.54, 1.807) is 17.8 Å². The molecule has 2 aromatic heterocycles. The van der Waals surface area contributed by atoms with Crippen LogP contribution in [0, 0.1) is 20.8 Å². The highest BCUT2D eigenvalue weighted by atomic mass is 16.2. The van der Waals surface area contributed by atoms with Crippen LogP contribution in [0.4, 0.5) is 0 Å². The van der Waals surface area contributed by atoms with Gasteiger partial charge in [0, 0.05) is 19.3 Å². The second-order valence-corrected chi connectivity index (χ2v) is 5.94. The summed E-state index contributed by atoms with van der Waals surface area (Å²) < 4.78 is 3.50. The number of para-hydroxylation sites is 1. The number of aryl methyl sites for hydroxylation is 4. The van der Waals surface area contributed by atoms with Gasteiger partial charge in [-0.3, -0.25) is 9.48 Å². The van der Waals surface area contributed by atoms with Crippen LogP contribution in [0.25, 0.3) is 5.69 Å². The molecule has 1 amide bonds. The molecule has 0 spiro atoms. The van der Waals surface area contributed by atoms with Crippen molar-refractivity contribution < 1.29 is 4.79 Å². The van der Waals surface area contributed by atoms with Crippen molar-refractivity contribution >= 4 is 5.91 Å². The van der Waals surface area contributed by atoms with E-state index < -0.39 is 0 Å². The zero-order valence-corrected chi connectivity index (χ0v) is 14.4. The average Bonchev–Trinajstić information content (AvgIpc) is 3.06. The number of hydrogen-bond acceptors (Lipinski definition) is 3. The van der Waals surface area contributed by atoms with Crippen molar-refractivity contribution in [2.24, 2.45) is 7.05 Å². The number of carbonyl (C=O) groups excluding carboxylic acids is 1. The third kappa shape index (κ3) is 3.08. The van der Waals surface area contributed by atoms with Gasteiger partial charge in [0.15, 0.2) is 0 Å². The molecule has 6 nitrogen and oxygen atoms in total. The van der Waals surface area contributed by atoms with Gasteiger partial charge in [-0.2, -0.15) is 10.2 Å². The Morgan fingerprint density at radius 2 is 1.79 bits per heavy atom. The number of aromatic nitrogens is 4.